The zero-order valence-electron chi connectivity index (χ0n) is 19.9. The number of para-hydroxylation sites is 1. The summed E-state index contributed by atoms with van der Waals surface area (Å²) in [7, 11) is 1.64. The zero-order chi connectivity index (χ0) is 24.6. The number of benzene rings is 3. The molecule has 2 aliphatic heterocycles. The second kappa shape index (κ2) is 8.92. The van der Waals surface area contributed by atoms with Crippen LogP contribution in [0, 0.1) is 6.92 Å². The van der Waals surface area contributed by atoms with E-state index >= 15 is 0 Å². The van der Waals surface area contributed by atoms with Crippen LogP contribution in [0.15, 0.2) is 94.4 Å². The lowest BCUT2D eigenvalue weighted by atomic mass is 9.97. The first-order valence-corrected chi connectivity index (χ1v) is 11.7. The Balaban J connectivity index is 1.32. The number of fused-ring (bicyclic) bond motifs is 3. The molecule has 2 atom stereocenters. The standard InChI is InChI=1S/C29H24N2O5/c1-18-11-16-25(34-18)23-17-24-22-9-6-10-26(33-2)27(22)36-28(31(24)30-23)19-12-14-21(15-13-19)35-29(32)20-7-4-3-5-8-20/h3-16,24,28H,17H2,1-2H3/t24-,28+/m1/s1. The van der Waals surface area contributed by atoms with Crippen LogP contribution in [0.2, 0.25) is 0 Å². The second-order valence-electron chi connectivity index (χ2n) is 8.73. The van der Waals surface area contributed by atoms with Gasteiger partial charge in [0.25, 0.3) is 0 Å². The van der Waals surface area contributed by atoms with Crippen molar-refractivity contribution in [3.8, 4) is 17.2 Å². The van der Waals surface area contributed by atoms with Gasteiger partial charge in [0.1, 0.15) is 23.0 Å². The number of hydrazone groups is 1. The van der Waals surface area contributed by atoms with E-state index in [-0.39, 0.29) is 6.04 Å². The second-order valence-corrected chi connectivity index (χ2v) is 8.73. The third kappa shape index (κ3) is 3.88. The van der Waals surface area contributed by atoms with Crippen LogP contribution in [-0.4, -0.2) is 23.8 Å². The summed E-state index contributed by atoms with van der Waals surface area (Å²) < 4.78 is 23.5. The third-order valence-electron chi connectivity index (χ3n) is 6.41. The highest BCUT2D eigenvalue weighted by molar-refractivity contribution is 5.99. The van der Waals surface area contributed by atoms with E-state index in [0.717, 1.165) is 28.4 Å². The van der Waals surface area contributed by atoms with Crippen LogP contribution in [-0.2, 0) is 0 Å². The van der Waals surface area contributed by atoms with Gasteiger partial charge in [-0.05, 0) is 61.5 Å². The maximum absolute atomic E-state index is 12.4. The Hall–Kier alpha value is -4.52. The largest absolute Gasteiger partial charge is 0.493 e. The molecule has 0 saturated carbocycles. The summed E-state index contributed by atoms with van der Waals surface area (Å²) in [5.74, 6) is 3.03. The molecule has 36 heavy (non-hydrogen) atoms. The minimum atomic E-state index is -0.494. The predicted octanol–water partition coefficient (Wildman–Crippen LogP) is 6.06. The number of aryl methyl sites for hydroxylation is 1. The highest BCUT2D eigenvalue weighted by atomic mass is 16.5. The van der Waals surface area contributed by atoms with Gasteiger partial charge in [-0.1, -0.05) is 30.3 Å². The molecule has 0 spiro atoms. The van der Waals surface area contributed by atoms with E-state index in [1.165, 1.54) is 0 Å². The number of furan rings is 1. The summed E-state index contributed by atoms with van der Waals surface area (Å²) in [5.41, 5.74) is 3.25. The van der Waals surface area contributed by atoms with Gasteiger partial charge in [-0.15, -0.1) is 0 Å². The summed E-state index contributed by atoms with van der Waals surface area (Å²) >= 11 is 0. The van der Waals surface area contributed by atoms with E-state index in [4.69, 9.17) is 23.7 Å². The maximum Gasteiger partial charge on any atom is 0.343 e. The van der Waals surface area contributed by atoms with Crippen molar-refractivity contribution < 1.29 is 23.4 Å². The fraction of sp³-hybridized carbons (Fsp3) is 0.172. The van der Waals surface area contributed by atoms with Gasteiger partial charge in [-0.3, -0.25) is 0 Å². The monoisotopic (exact) mass is 480 g/mol. The Morgan fingerprint density at radius 2 is 1.78 bits per heavy atom. The molecule has 0 N–H and O–H groups in total. The van der Waals surface area contributed by atoms with Gasteiger partial charge in [-0.25, -0.2) is 9.80 Å². The van der Waals surface area contributed by atoms with E-state index < -0.39 is 12.2 Å². The molecule has 0 unspecified atom stereocenters. The van der Waals surface area contributed by atoms with Crippen molar-refractivity contribution in [2.24, 2.45) is 5.10 Å². The van der Waals surface area contributed by atoms with Gasteiger partial charge in [0, 0.05) is 17.5 Å². The van der Waals surface area contributed by atoms with E-state index in [9.17, 15) is 4.79 Å². The minimum Gasteiger partial charge on any atom is -0.493 e. The third-order valence-corrected chi connectivity index (χ3v) is 6.41. The van der Waals surface area contributed by atoms with Crippen LogP contribution in [0.3, 0.4) is 0 Å². The Kier molecular flexibility index (Phi) is 5.45. The number of carbonyl (C=O) groups excluding carboxylic acids is 1. The van der Waals surface area contributed by atoms with Crippen molar-refractivity contribution in [3.05, 3.63) is 113 Å². The molecule has 0 bridgehead atoms. The average molecular weight is 481 g/mol. The molecule has 7 nitrogen and oxygen atoms in total. The lowest BCUT2D eigenvalue weighted by molar-refractivity contribution is -0.0209. The molecule has 180 valence electrons. The zero-order valence-corrected chi connectivity index (χ0v) is 19.9. The van der Waals surface area contributed by atoms with Gasteiger partial charge in [0.05, 0.1) is 18.7 Å². The highest BCUT2D eigenvalue weighted by Crippen LogP contribution is 2.50. The van der Waals surface area contributed by atoms with Crippen LogP contribution in [0.5, 0.6) is 17.2 Å². The Morgan fingerprint density at radius 3 is 2.50 bits per heavy atom. The van der Waals surface area contributed by atoms with E-state index in [1.807, 2.05) is 60.5 Å². The maximum atomic E-state index is 12.4. The van der Waals surface area contributed by atoms with Gasteiger partial charge in [-0.2, -0.15) is 5.10 Å². The van der Waals surface area contributed by atoms with E-state index in [2.05, 4.69) is 0 Å². The van der Waals surface area contributed by atoms with Crippen molar-refractivity contribution >= 4 is 11.7 Å². The van der Waals surface area contributed by atoms with Crippen LogP contribution in [0.25, 0.3) is 0 Å². The molecule has 7 heteroatoms. The van der Waals surface area contributed by atoms with Crippen molar-refractivity contribution in [1.29, 1.82) is 0 Å². The summed E-state index contributed by atoms with van der Waals surface area (Å²) in [6, 6.07) is 26.0. The van der Waals surface area contributed by atoms with Crippen LogP contribution in [0.4, 0.5) is 0 Å². The molecule has 0 amide bonds. The average Bonchev–Trinajstić information content (AvgIpc) is 3.55. The van der Waals surface area contributed by atoms with E-state index in [1.54, 1.807) is 43.5 Å². The quantitative estimate of drug-likeness (QED) is 0.255. The Labute approximate surface area is 208 Å². The molecule has 3 heterocycles. The topological polar surface area (TPSA) is 73.5 Å². The smallest absolute Gasteiger partial charge is 0.343 e. The number of hydrogen-bond donors (Lipinski definition) is 0. The molecule has 1 aromatic heterocycles. The predicted molar refractivity (Wildman–Crippen MR) is 133 cm³/mol. The lowest BCUT2D eigenvalue weighted by Crippen LogP contribution is -2.33. The van der Waals surface area contributed by atoms with Gasteiger partial charge < -0.3 is 18.6 Å². The number of ether oxygens (including phenoxy) is 3. The fourth-order valence-electron chi connectivity index (χ4n) is 4.64. The Morgan fingerprint density at radius 1 is 0.972 bits per heavy atom. The SMILES string of the molecule is COc1cccc2c1O[C@@H](c1ccc(OC(=O)c3ccccc3)cc1)N1N=C(c3ccc(C)o3)C[C@H]21. The molecule has 0 radical (unpaired) electrons. The number of carbonyl (C=O) groups is 1. The molecule has 0 saturated heterocycles. The summed E-state index contributed by atoms with van der Waals surface area (Å²) in [5, 5.41) is 6.89. The Bertz CT molecular complexity index is 1440. The summed E-state index contributed by atoms with van der Waals surface area (Å²) in [4.78, 5) is 12.4. The normalized spacial score (nSPS) is 18.1. The lowest BCUT2D eigenvalue weighted by Gasteiger charge is -2.38. The number of nitrogens with zero attached hydrogens (tertiary/aromatic N) is 2. The molecule has 6 rings (SSSR count). The van der Waals surface area contributed by atoms with Gasteiger partial charge in [0.15, 0.2) is 11.5 Å². The minimum absolute atomic E-state index is 0.0372. The van der Waals surface area contributed by atoms with Gasteiger partial charge >= 0.3 is 5.97 Å². The first-order chi connectivity index (χ1) is 17.6. The van der Waals surface area contributed by atoms with Crippen molar-refractivity contribution in [2.45, 2.75) is 25.6 Å². The number of rotatable bonds is 5. The molecular weight excluding hydrogens is 456 g/mol. The number of esters is 1. The highest BCUT2D eigenvalue weighted by Gasteiger charge is 2.42. The van der Waals surface area contributed by atoms with Gasteiger partial charge in [0.2, 0.25) is 6.23 Å². The number of methoxy groups -OCH3 is 1. The van der Waals surface area contributed by atoms with Crippen molar-refractivity contribution in [1.82, 2.24) is 5.01 Å². The van der Waals surface area contributed by atoms with Crippen LogP contribution < -0.4 is 14.2 Å². The van der Waals surface area contributed by atoms with Crippen molar-refractivity contribution in [2.75, 3.05) is 7.11 Å². The number of hydrogen-bond acceptors (Lipinski definition) is 7. The first kappa shape index (κ1) is 22.0. The fourth-order valence-corrected chi connectivity index (χ4v) is 4.64. The van der Waals surface area contributed by atoms with E-state index in [0.29, 0.717) is 29.2 Å². The molecule has 0 aliphatic carbocycles. The summed E-state index contributed by atoms with van der Waals surface area (Å²) in [6.07, 6.45) is 0.186. The van der Waals surface area contributed by atoms with Crippen LogP contribution >= 0.6 is 0 Å². The van der Waals surface area contributed by atoms with Crippen LogP contribution in [0.1, 0.15) is 51.7 Å². The molecule has 3 aromatic carbocycles. The molecule has 0 fully saturated rings. The molecule has 4 aromatic rings. The molecule has 2 aliphatic rings. The van der Waals surface area contributed by atoms with Crippen molar-refractivity contribution in [3.63, 3.8) is 0 Å². The molecular formula is C29H24N2O5. The first-order valence-electron chi connectivity index (χ1n) is 11.7. The summed E-state index contributed by atoms with van der Waals surface area (Å²) in [6.45, 7) is 1.92.